The molecule has 0 aliphatic heterocycles. The Hall–Kier alpha value is -2.35. The standard InChI is InChI=1S/C20H24F3N5O3S2/c21-20(22,23)18(24)14-3-1-2-4-15(14)26-10-17-28-16(11-32-17)19(29)27-9-12-5-7-13(8-6-12)33(25,30)31/h5-8,11,14-15,24,26H,1-4,9-10H2,(H,27,29)(H2,25,30,31). The van der Waals surface area contributed by atoms with Gasteiger partial charge in [-0.05, 0) is 30.5 Å². The smallest absolute Gasteiger partial charge is 0.347 e. The maximum Gasteiger partial charge on any atom is 0.429 e. The number of nitrogens with zero attached hydrogens (tertiary/aromatic N) is 1. The molecular formula is C20H24F3N5O3S2. The highest BCUT2D eigenvalue weighted by atomic mass is 32.2. The first-order valence-electron chi connectivity index (χ1n) is 10.2. The number of sulfonamides is 1. The predicted molar refractivity (Wildman–Crippen MR) is 117 cm³/mol. The normalized spacial score (nSPS) is 19.3. The molecule has 2 atom stereocenters. The number of nitrogens with one attached hydrogen (secondary N) is 3. The van der Waals surface area contributed by atoms with E-state index in [4.69, 9.17) is 10.5 Å². The largest absolute Gasteiger partial charge is 0.429 e. The Labute approximate surface area is 193 Å². The number of benzene rings is 1. The van der Waals surface area contributed by atoms with E-state index in [1.807, 2.05) is 0 Å². The van der Waals surface area contributed by atoms with Crippen LogP contribution in [0.1, 0.15) is 46.7 Å². The van der Waals surface area contributed by atoms with E-state index in [1.165, 1.54) is 35.6 Å². The number of halogens is 3. The molecule has 1 aromatic carbocycles. The third kappa shape index (κ3) is 6.82. The van der Waals surface area contributed by atoms with Gasteiger partial charge in [0.1, 0.15) is 16.4 Å². The first-order valence-corrected chi connectivity index (χ1v) is 12.6. The van der Waals surface area contributed by atoms with Gasteiger partial charge in [0.2, 0.25) is 10.0 Å². The van der Waals surface area contributed by atoms with Crippen LogP contribution < -0.4 is 15.8 Å². The highest BCUT2D eigenvalue weighted by Crippen LogP contribution is 2.32. The van der Waals surface area contributed by atoms with Crippen LogP contribution in [-0.4, -0.2) is 37.2 Å². The van der Waals surface area contributed by atoms with Gasteiger partial charge in [-0.25, -0.2) is 18.5 Å². The zero-order valence-electron chi connectivity index (χ0n) is 17.5. The second kappa shape index (κ2) is 10.3. The van der Waals surface area contributed by atoms with Gasteiger partial charge in [-0.2, -0.15) is 13.2 Å². The van der Waals surface area contributed by atoms with Crippen molar-refractivity contribution in [1.29, 1.82) is 5.41 Å². The number of thiazole rings is 1. The lowest BCUT2D eigenvalue weighted by atomic mass is 9.81. The number of primary sulfonamides is 1. The molecule has 2 unspecified atom stereocenters. The van der Waals surface area contributed by atoms with Crippen molar-refractivity contribution in [2.24, 2.45) is 11.1 Å². The first kappa shape index (κ1) is 25.3. The van der Waals surface area contributed by atoms with E-state index in [0.29, 0.717) is 29.8 Å². The zero-order chi connectivity index (χ0) is 24.2. The van der Waals surface area contributed by atoms with Gasteiger partial charge < -0.3 is 16.0 Å². The van der Waals surface area contributed by atoms with Crippen LogP contribution in [0.4, 0.5) is 13.2 Å². The lowest BCUT2D eigenvalue weighted by molar-refractivity contribution is -0.0654. The highest BCUT2D eigenvalue weighted by Gasteiger charge is 2.42. The molecule has 1 heterocycles. The van der Waals surface area contributed by atoms with Crippen molar-refractivity contribution in [3.63, 3.8) is 0 Å². The summed E-state index contributed by atoms with van der Waals surface area (Å²) < 4.78 is 61.5. The molecule has 13 heteroatoms. The fraction of sp³-hybridized carbons (Fsp3) is 0.450. The number of aromatic nitrogens is 1. The molecule has 8 nitrogen and oxygen atoms in total. The van der Waals surface area contributed by atoms with Gasteiger partial charge in [0, 0.05) is 30.4 Å². The molecule has 0 saturated heterocycles. The summed E-state index contributed by atoms with van der Waals surface area (Å²) >= 11 is 1.22. The van der Waals surface area contributed by atoms with Crippen LogP contribution in [0.5, 0.6) is 0 Å². The molecule has 2 aromatic rings. The molecule has 1 saturated carbocycles. The molecule has 0 radical (unpaired) electrons. The lowest BCUT2D eigenvalue weighted by Crippen LogP contribution is -2.45. The average molecular weight is 504 g/mol. The predicted octanol–water partition coefficient (Wildman–Crippen LogP) is 2.95. The van der Waals surface area contributed by atoms with Gasteiger partial charge >= 0.3 is 6.18 Å². The quantitative estimate of drug-likeness (QED) is 0.411. The van der Waals surface area contributed by atoms with Crippen LogP contribution in [0, 0.1) is 11.3 Å². The lowest BCUT2D eigenvalue weighted by Gasteiger charge is -2.33. The Morgan fingerprint density at radius 3 is 2.48 bits per heavy atom. The molecule has 0 bridgehead atoms. The minimum absolute atomic E-state index is 0.0280. The molecule has 33 heavy (non-hydrogen) atoms. The molecule has 5 N–H and O–H groups in total. The SMILES string of the molecule is N=C(C1CCCCC1NCc1nc(C(=O)NCc2ccc(S(N)(=O)=O)cc2)cs1)C(F)(F)F. The summed E-state index contributed by atoms with van der Waals surface area (Å²) in [6.07, 6.45) is -2.31. The second-order valence-electron chi connectivity index (χ2n) is 7.79. The summed E-state index contributed by atoms with van der Waals surface area (Å²) in [5.74, 6) is -1.32. The minimum atomic E-state index is -4.63. The first-order chi connectivity index (χ1) is 15.4. The van der Waals surface area contributed by atoms with Gasteiger partial charge in [-0.15, -0.1) is 11.3 Å². The number of carbonyl (C=O) groups is 1. The third-order valence-corrected chi connectivity index (χ3v) is 7.23. The number of hydrogen-bond acceptors (Lipinski definition) is 7. The fourth-order valence-electron chi connectivity index (χ4n) is 3.72. The molecule has 1 aromatic heterocycles. The Morgan fingerprint density at radius 2 is 1.85 bits per heavy atom. The van der Waals surface area contributed by atoms with E-state index in [-0.39, 0.29) is 23.7 Å². The summed E-state index contributed by atoms with van der Waals surface area (Å²) in [5.41, 5.74) is -0.347. The Balaban J connectivity index is 1.53. The number of alkyl halides is 3. The van der Waals surface area contributed by atoms with Gasteiger partial charge in [-0.1, -0.05) is 25.0 Å². The summed E-state index contributed by atoms with van der Waals surface area (Å²) in [7, 11) is -3.79. The van der Waals surface area contributed by atoms with Gasteiger partial charge in [0.25, 0.3) is 5.91 Å². The number of rotatable bonds is 8. The van der Waals surface area contributed by atoms with Crippen molar-refractivity contribution < 1.29 is 26.4 Å². The van der Waals surface area contributed by atoms with Crippen LogP contribution in [0.2, 0.25) is 0 Å². The number of nitrogens with two attached hydrogens (primary N) is 1. The van der Waals surface area contributed by atoms with Gasteiger partial charge in [0.05, 0.1) is 4.90 Å². The zero-order valence-corrected chi connectivity index (χ0v) is 19.1. The molecule has 1 amide bonds. The minimum Gasteiger partial charge on any atom is -0.347 e. The van der Waals surface area contributed by atoms with Crippen molar-refractivity contribution in [3.05, 3.63) is 45.9 Å². The summed E-state index contributed by atoms with van der Waals surface area (Å²) in [4.78, 5) is 16.6. The Kier molecular flexibility index (Phi) is 7.88. The van der Waals surface area contributed by atoms with E-state index in [2.05, 4.69) is 15.6 Å². The van der Waals surface area contributed by atoms with Crippen molar-refractivity contribution >= 4 is 33.0 Å². The number of amides is 1. The van der Waals surface area contributed by atoms with E-state index in [1.54, 1.807) is 5.38 Å². The van der Waals surface area contributed by atoms with E-state index < -0.39 is 39.8 Å². The molecule has 1 fully saturated rings. The monoisotopic (exact) mass is 503 g/mol. The van der Waals surface area contributed by atoms with Crippen LogP contribution in [0.3, 0.4) is 0 Å². The van der Waals surface area contributed by atoms with Crippen LogP contribution in [-0.2, 0) is 23.1 Å². The maximum absolute atomic E-state index is 13.0. The summed E-state index contributed by atoms with van der Waals surface area (Å²) in [6.45, 7) is 0.359. The molecular weight excluding hydrogens is 479 g/mol. The molecule has 0 spiro atoms. The highest BCUT2D eigenvalue weighted by molar-refractivity contribution is 7.89. The van der Waals surface area contributed by atoms with E-state index >= 15 is 0 Å². The van der Waals surface area contributed by atoms with Crippen molar-refractivity contribution in [3.8, 4) is 0 Å². The van der Waals surface area contributed by atoms with E-state index in [9.17, 15) is 26.4 Å². The summed E-state index contributed by atoms with van der Waals surface area (Å²) in [6, 6.07) is 5.31. The summed E-state index contributed by atoms with van der Waals surface area (Å²) in [5, 5.41) is 20.4. The average Bonchev–Trinajstić information content (AvgIpc) is 3.24. The number of carbonyl (C=O) groups excluding carboxylic acids is 1. The maximum atomic E-state index is 13.0. The fourth-order valence-corrected chi connectivity index (χ4v) is 4.96. The van der Waals surface area contributed by atoms with Crippen LogP contribution in [0.15, 0.2) is 34.5 Å². The Bertz CT molecular complexity index is 1100. The second-order valence-corrected chi connectivity index (χ2v) is 10.3. The molecule has 3 rings (SSSR count). The van der Waals surface area contributed by atoms with Gasteiger partial charge in [-0.3, -0.25) is 4.79 Å². The van der Waals surface area contributed by atoms with Crippen molar-refractivity contribution in [2.45, 2.75) is 55.9 Å². The van der Waals surface area contributed by atoms with E-state index in [0.717, 1.165) is 6.42 Å². The molecule has 1 aliphatic carbocycles. The van der Waals surface area contributed by atoms with Crippen molar-refractivity contribution in [1.82, 2.24) is 15.6 Å². The number of hydrogen-bond donors (Lipinski definition) is 4. The third-order valence-electron chi connectivity index (χ3n) is 5.45. The molecule has 180 valence electrons. The van der Waals surface area contributed by atoms with Crippen molar-refractivity contribution in [2.75, 3.05) is 0 Å². The van der Waals surface area contributed by atoms with Crippen LogP contribution >= 0.6 is 11.3 Å². The topological polar surface area (TPSA) is 138 Å². The van der Waals surface area contributed by atoms with Crippen LogP contribution in [0.25, 0.3) is 0 Å². The molecule has 1 aliphatic rings. The van der Waals surface area contributed by atoms with Gasteiger partial charge in [0.15, 0.2) is 0 Å². The Morgan fingerprint density at radius 1 is 1.18 bits per heavy atom.